The van der Waals surface area contributed by atoms with Crippen LogP contribution < -0.4 is 10.6 Å². The van der Waals surface area contributed by atoms with Gasteiger partial charge in [0.1, 0.15) is 0 Å². The van der Waals surface area contributed by atoms with Crippen molar-refractivity contribution in [3.05, 3.63) is 89.5 Å². The van der Waals surface area contributed by atoms with E-state index >= 15 is 0 Å². The molecule has 3 rings (SSSR count). The summed E-state index contributed by atoms with van der Waals surface area (Å²) in [7, 11) is 0. The summed E-state index contributed by atoms with van der Waals surface area (Å²) in [6.07, 6.45) is -4.44. The van der Waals surface area contributed by atoms with Crippen molar-refractivity contribution in [3.8, 4) is 0 Å². The molecule has 3 aromatic carbocycles. The molecule has 148 valence electrons. The molecule has 0 bridgehead atoms. The van der Waals surface area contributed by atoms with E-state index in [-0.39, 0.29) is 11.3 Å². The van der Waals surface area contributed by atoms with Crippen LogP contribution in [0.25, 0.3) is 0 Å². The Bertz CT molecular complexity index is 1030. The van der Waals surface area contributed by atoms with Gasteiger partial charge in [-0.15, -0.1) is 0 Å². The minimum Gasteiger partial charge on any atom is -0.356 e. The molecule has 0 radical (unpaired) electrons. The van der Waals surface area contributed by atoms with E-state index in [0.29, 0.717) is 11.3 Å². The number of carbonyl (C=O) groups excluding carboxylic acids is 2. The number of hydrogen-bond acceptors (Lipinski definition) is 3. The zero-order chi connectivity index (χ0) is 21.0. The SMILES string of the molecule is CC(=O)c1cccc(Nc2ccc(NC(=O)c3ccc(C(F)(F)F)cc3)cc2)c1. The normalized spacial score (nSPS) is 11.0. The molecule has 29 heavy (non-hydrogen) atoms. The van der Waals surface area contributed by atoms with Crippen molar-refractivity contribution in [3.63, 3.8) is 0 Å². The molecule has 0 fully saturated rings. The molecule has 0 atom stereocenters. The predicted molar refractivity (Wildman–Crippen MR) is 106 cm³/mol. The summed E-state index contributed by atoms with van der Waals surface area (Å²) in [5, 5.41) is 5.80. The van der Waals surface area contributed by atoms with E-state index in [9.17, 15) is 22.8 Å². The molecule has 1 amide bonds. The first-order valence-electron chi connectivity index (χ1n) is 8.69. The summed E-state index contributed by atoms with van der Waals surface area (Å²) in [5.74, 6) is -0.538. The lowest BCUT2D eigenvalue weighted by Gasteiger charge is -2.10. The van der Waals surface area contributed by atoms with Gasteiger partial charge in [-0.05, 0) is 67.6 Å². The van der Waals surface area contributed by atoms with Gasteiger partial charge in [0, 0.05) is 28.2 Å². The molecule has 0 saturated carbocycles. The summed E-state index contributed by atoms with van der Waals surface area (Å²) >= 11 is 0. The van der Waals surface area contributed by atoms with Crippen LogP contribution in [0.1, 0.15) is 33.2 Å². The van der Waals surface area contributed by atoms with E-state index in [2.05, 4.69) is 10.6 Å². The lowest BCUT2D eigenvalue weighted by Crippen LogP contribution is -2.12. The van der Waals surface area contributed by atoms with Crippen molar-refractivity contribution in [2.75, 3.05) is 10.6 Å². The molecule has 0 aliphatic heterocycles. The van der Waals surface area contributed by atoms with E-state index in [0.717, 1.165) is 35.6 Å². The Morgan fingerprint density at radius 3 is 1.97 bits per heavy atom. The number of Topliss-reactive ketones (excluding diaryl/α,β-unsaturated/α-hetero) is 1. The second kappa shape index (κ2) is 8.18. The van der Waals surface area contributed by atoms with Crippen LogP contribution in [0.3, 0.4) is 0 Å². The average molecular weight is 398 g/mol. The zero-order valence-corrected chi connectivity index (χ0v) is 15.4. The zero-order valence-electron chi connectivity index (χ0n) is 15.4. The molecular formula is C22H17F3N2O2. The van der Waals surface area contributed by atoms with Crippen molar-refractivity contribution in [2.24, 2.45) is 0 Å². The monoisotopic (exact) mass is 398 g/mol. The highest BCUT2D eigenvalue weighted by molar-refractivity contribution is 6.04. The van der Waals surface area contributed by atoms with Gasteiger partial charge in [0.15, 0.2) is 5.78 Å². The molecule has 0 heterocycles. The first kappa shape index (κ1) is 20.1. The summed E-state index contributed by atoms with van der Waals surface area (Å²) in [6.45, 7) is 1.49. The summed E-state index contributed by atoms with van der Waals surface area (Å²) in [5.41, 5.74) is 1.91. The Kier molecular flexibility index (Phi) is 5.68. The van der Waals surface area contributed by atoms with Gasteiger partial charge in [0.25, 0.3) is 5.91 Å². The second-order valence-electron chi connectivity index (χ2n) is 6.37. The Labute approximate surface area is 165 Å². The van der Waals surface area contributed by atoms with Crippen LogP contribution in [-0.4, -0.2) is 11.7 Å². The summed E-state index contributed by atoms with van der Waals surface area (Å²) in [6, 6.07) is 17.9. The standard InChI is InChI=1S/C22H17F3N2O2/c1-14(28)16-3-2-4-20(13-16)26-18-9-11-19(12-10-18)27-21(29)15-5-7-17(8-6-15)22(23,24)25/h2-13,26H,1H3,(H,27,29). The highest BCUT2D eigenvalue weighted by atomic mass is 19.4. The Hall–Kier alpha value is -3.61. The van der Waals surface area contributed by atoms with Gasteiger partial charge in [0.2, 0.25) is 0 Å². The maximum Gasteiger partial charge on any atom is 0.416 e. The fourth-order valence-corrected chi connectivity index (χ4v) is 2.63. The maximum atomic E-state index is 12.6. The number of amides is 1. The minimum absolute atomic E-state index is 0.0324. The van der Waals surface area contributed by atoms with Crippen molar-refractivity contribution in [2.45, 2.75) is 13.1 Å². The number of hydrogen-bond donors (Lipinski definition) is 2. The Balaban J connectivity index is 1.65. The molecule has 0 spiro atoms. The number of anilines is 3. The molecule has 0 aliphatic carbocycles. The Morgan fingerprint density at radius 2 is 1.38 bits per heavy atom. The molecule has 0 aliphatic rings. The largest absolute Gasteiger partial charge is 0.416 e. The van der Waals surface area contributed by atoms with Gasteiger partial charge in [-0.25, -0.2) is 0 Å². The number of carbonyl (C=O) groups is 2. The molecule has 0 saturated heterocycles. The third kappa shape index (κ3) is 5.22. The van der Waals surface area contributed by atoms with E-state index in [1.165, 1.54) is 6.92 Å². The van der Waals surface area contributed by atoms with Crippen molar-refractivity contribution < 1.29 is 22.8 Å². The van der Waals surface area contributed by atoms with Crippen LogP contribution in [0.5, 0.6) is 0 Å². The fourth-order valence-electron chi connectivity index (χ4n) is 2.63. The Morgan fingerprint density at radius 1 is 0.759 bits per heavy atom. The molecule has 3 aromatic rings. The third-order valence-electron chi connectivity index (χ3n) is 4.17. The summed E-state index contributed by atoms with van der Waals surface area (Å²) in [4.78, 5) is 23.7. The predicted octanol–water partition coefficient (Wildman–Crippen LogP) is 5.90. The quantitative estimate of drug-likeness (QED) is 0.526. The van der Waals surface area contributed by atoms with Crippen LogP contribution >= 0.6 is 0 Å². The number of benzene rings is 3. The van der Waals surface area contributed by atoms with Crippen LogP contribution in [0.4, 0.5) is 30.2 Å². The minimum atomic E-state index is -4.44. The van der Waals surface area contributed by atoms with E-state index in [1.54, 1.807) is 42.5 Å². The van der Waals surface area contributed by atoms with Gasteiger partial charge in [-0.1, -0.05) is 12.1 Å². The molecule has 0 unspecified atom stereocenters. The first-order chi connectivity index (χ1) is 13.7. The van der Waals surface area contributed by atoms with Gasteiger partial charge in [0.05, 0.1) is 5.56 Å². The number of halogens is 3. The molecule has 2 N–H and O–H groups in total. The van der Waals surface area contributed by atoms with Crippen molar-refractivity contribution in [1.82, 2.24) is 0 Å². The first-order valence-corrected chi connectivity index (χ1v) is 8.69. The number of alkyl halides is 3. The second-order valence-corrected chi connectivity index (χ2v) is 6.37. The van der Waals surface area contributed by atoms with E-state index in [4.69, 9.17) is 0 Å². The highest BCUT2D eigenvalue weighted by Gasteiger charge is 2.30. The highest BCUT2D eigenvalue weighted by Crippen LogP contribution is 2.29. The maximum absolute atomic E-state index is 12.6. The van der Waals surface area contributed by atoms with Crippen molar-refractivity contribution in [1.29, 1.82) is 0 Å². The topological polar surface area (TPSA) is 58.2 Å². The number of nitrogens with one attached hydrogen (secondary N) is 2. The van der Waals surface area contributed by atoms with Crippen LogP contribution in [0, 0.1) is 0 Å². The van der Waals surface area contributed by atoms with Crippen LogP contribution in [0.15, 0.2) is 72.8 Å². The van der Waals surface area contributed by atoms with E-state index < -0.39 is 17.6 Å². The average Bonchev–Trinajstić information content (AvgIpc) is 2.69. The molecule has 7 heteroatoms. The van der Waals surface area contributed by atoms with Crippen LogP contribution in [-0.2, 0) is 6.18 Å². The van der Waals surface area contributed by atoms with Gasteiger partial charge in [-0.3, -0.25) is 9.59 Å². The molecule has 4 nitrogen and oxygen atoms in total. The number of ketones is 1. The molecular weight excluding hydrogens is 381 g/mol. The fraction of sp³-hybridized carbons (Fsp3) is 0.0909. The van der Waals surface area contributed by atoms with Gasteiger partial charge >= 0.3 is 6.18 Å². The lowest BCUT2D eigenvalue weighted by molar-refractivity contribution is -0.137. The smallest absolute Gasteiger partial charge is 0.356 e. The summed E-state index contributed by atoms with van der Waals surface area (Å²) < 4.78 is 37.8. The number of rotatable bonds is 5. The van der Waals surface area contributed by atoms with Crippen LogP contribution in [0.2, 0.25) is 0 Å². The molecule has 0 aromatic heterocycles. The van der Waals surface area contributed by atoms with E-state index in [1.807, 2.05) is 6.07 Å². The lowest BCUT2D eigenvalue weighted by atomic mass is 10.1. The van der Waals surface area contributed by atoms with Crippen molar-refractivity contribution >= 4 is 28.8 Å². The van der Waals surface area contributed by atoms with Gasteiger partial charge in [-0.2, -0.15) is 13.2 Å². The van der Waals surface area contributed by atoms with Gasteiger partial charge < -0.3 is 10.6 Å². The third-order valence-corrected chi connectivity index (χ3v) is 4.17.